The van der Waals surface area contributed by atoms with Gasteiger partial charge in [-0.2, -0.15) is 10.4 Å². The largest absolute Gasteiger partial charge is 0.493 e. The van der Waals surface area contributed by atoms with Crippen LogP contribution in [0, 0.1) is 11.3 Å². The van der Waals surface area contributed by atoms with Crippen molar-refractivity contribution in [1.29, 1.82) is 5.26 Å². The standard InChI is InChI=1S/C18H13ClN4O4/c1-26-15-9-12(19)8-11(16(15)27-7-6-20)10-21-23-17(24)13-4-2-3-5-14(13)22-18(23)25/h2-5,8-10H,7H2,1H3,(H,22,25). The van der Waals surface area contributed by atoms with E-state index in [-0.39, 0.29) is 12.4 Å². The van der Waals surface area contributed by atoms with Crippen LogP contribution in [0.2, 0.25) is 5.02 Å². The molecule has 0 aliphatic carbocycles. The van der Waals surface area contributed by atoms with Crippen molar-refractivity contribution < 1.29 is 9.47 Å². The maximum absolute atomic E-state index is 12.5. The molecule has 0 fully saturated rings. The van der Waals surface area contributed by atoms with Crippen LogP contribution in [0.25, 0.3) is 10.9 Å². The number of aromatic amines is 1. The molecule has 0 aliphatic rings. The number of methoxy groups -OCH3 is 1. The minimum atomic E-state index is -0.691. The maximum Gasteiger partial charge on any atom is 0.349 e. The molecular formula is C18H13ClN4O4. The van der Waals surface area contributed by atoms with Gasteiger partial charge in [0.25, 0.3) is 5.56 Å². The fraction of sp³-hybridized carbons (Fsp3) is 0.111. The van der Waals surface area contributed by atoms with Crippen molar-refractivity contribution in [3.05, 3.63) is 67.8 Å². The minimum absolute atomic E-state index is 0.220. The van der Waals surface area contributed by atoms with Crippen molar-refractivity contribution in [1.82, 2.24) is 9.66 Å². The number of halogens is 1. The minimum Gasteiger partial charge on any atom is -0.493 e. The Balaban J connectivity index is 2.13. The Kier molecular flexibility index (Phi) is 5.24. The van der Waals surface area contributed by atoms with Gasteiger partial charge in [-0.3, -0.25) is 4.79 Å². The van der Waals surface area contributed by atoms with Crippen LogP contribution in [0.5, 0.6) is 11.5 Å². The molecule has 2 aromatic carbocycles. The first kappa shape index (κ1) is 18.2. The number of fused-ring (bicyclic) bond motifs is 1. The number of nitrogens with zero attached hydrogens (tertiary/aromatic N) is 3. The summed E-state index contributed by atoms with van der Waals surface area (Å²) in [7, 11) is 1.42. The molecule has 0 atom stereocenters. The molecule has 0 bridgehead atoms. The summed E-state index contributed by atoms with van der Waals surface area (Å²) in [6.07, 6.45) is 1.24. The predicted molar refractivity (Wildman–Crippen MR) is 101 cm³/mol. The highest BCUT2D eigenvalue weighted by molar-refractivity contribution is 6.31. The van der Waals surface area contributed by atoms with E-state index in [4.69, 9.17) is 26.3 Å². The highest BCUT2D eigenvalue weighted by Crippen LogP contribution is 2.33. The number of nitrogens with one attached hydrogen (secondary N) is 1. The van der Waals surface area contributed by atoms with E-state index in [0.717, 1.165) is 0 Å². The molecule has 0 saturated heterocycles. The number of ether oxygens (including phenoxy) is 2. The normalized spacial score (nSPS) is 10.9. The molecule has 0 aliphatic heterocycles. The van der Waals surface area contributed by atoms with E-state index in [1.807, 2.05) is 6.07 Å². The van der Waals surface area contributed by atoms with Gasteiger partial charge in [-0.25, -0.2) is 4.79 Å². The molecule has 136 valence electrons. The van der Waals surface area contributed by atoms with Gasteiger partial charge >= 0.3 is 5.69 Å². The summed E-state index contributed by atoms with van der Waals surface area (Å²) < 4.78 is 11.3. The van der Waals surface area contributed by atoms with Gasteiger partial charge in [-0.05, 0) is 18.2 Å². The lowest BCUT2D eigenvalue weighted by Crippen LogP contribution is -2.32. The topological polar surface area (TPSA) is 109 Å². The molecule has 1 N–H and O–H groups in total. The summed E-state index contributed by atoms with van der Waals surface area (Å²) in [6, 6.07) is 11.5. The first-order chi connectivity index (χ1) is 13.0. The number of para-hydroxylation sites is 1. The average Bonchev–Trinajstić information content (AvgIpc) is 2.66. The number of benzene rings is 2. The molecule has 0 saturated carbocycles. The average molecular weight is 385 g/mol. The van der Waals surface area contributed by atoms with E-state index in [0.29, 0.717) is 31.9 Å². The molecule has 1 heterocycles. The second-order valence-corrected chi connectivity index (χ2v) is 5.75. The van der Waals surface area contributed by atoms with Crippen LogP contribution in [0.1, 0.15) is 5.56 Å². The van der Waals surface area contributed by atoms with Gasteiger partial charge in [0.05, 0.1) is 24.2 Å². The second kappa shape index (κ2) is 7.76. The Labute approximate surface area is 157 Å². The fourth-order valence-corrected chi connectivity index (χ4v) is 2.69. The third kappa shape index (κ3) is 3.68. The Bertz CT molecular complexity index is 1190. The van der Waals surface area contributed by atoms with Crippen LogP contribution in [-0.2, 0) is 0 Å². The first-order valence-corrected chi connectivity index (χ1v) is 8.08. The first-order valence-electron chi connectivity index (χ1n) is 7.71. The summed E-state index contributed by atoms with van der Waals surface area (Å²) in [5.74, 6) is 0.511. The van der Waals surface area contributed by atoms with E-state index in [2.05, 4.69) is 10.1 Å². The van der Waals surface area contributed by atoms with E-state index in [1.54, 1.807) is 24.3 Å². The van der Waals surface area contributed by atoms with Crippen LogP contribution >= 0.6 is 11.6 Å². The Morgan fingerprint density at radius 2 is 2.11 bits per heavy atom. The second-order valence-electron chi connectivity index (χ2n) is 5.31. The van der Waals surface area contributed by atoms with Crippen LogP contribution in [-0.4, -0.2) is 29.6 Å². The lowest BCUT2D eigenvalue weighted by atomic mass is 10.2. The van der Waals surface area contributed by atoms with Gasteiger partial charge in [0.2, 0.25) is 0 Å². The van der Waals surface area contributed by atoms with E-state index in [1.165, 1.54) is 25.5 Å². The molecule has 0 radical (unpaired) electrons. The monoisotopic (exact) mass is 384 g/mol. The van der Waals surface area contributed by atoms with Crippen molar-refractivity contribution in [2.45, 2.75) is 0 Å². The lowest BCUT2D eigenvalue weighted by Gasteiger charge is -2.11. The van der Waals surface area contributed by atoms with Gasteiger partial charge in [0, 0.05) is 16.7 Å². The van der Waals surface area contributed by atoms with E-state index in [9.17, 15) is 9.59 Å². The zero-order valence-corrected chi connectivity index (χ0v) is 14.9. The number of hydrogen-bond acceptors (Lipinski definition) is 6. The zero-order valence-electron chi connectivity index (χ0n) is 14.1. The number of H-pyrrole nitrogens is 1. The molecule has 1 aromatic heterocycles. The van der Waals surface area contributed by atoms with Crippen LogP contribution in [0.15, 0.2) is 51.1 Å². The Hall–Kier alpha value is -3.57. The number of aromatic nitrogens is 2. The lowest BCUT2D eigenvalue weighted by molar-refractivity contribution is 0.329. The summed E-state index contributed by atoms with van der Waals surface area (Å²) in [4.78, 5) is 27.3. The van der Waals surface area contributed by atoms with Crippen molar-refractivity contribution in [2.24, 2.45) is 5.10 Å². The summed E-state index contributed by atoms with van der Waals surface area (Å²) in [5, 5.41) is 13.4. The SMILES string of the molecule is COc1cc(Cl)cc(C=Nn2c(=O)[nH]c3ccccc3c2=O)c1OCC#N. The molecule has 0 unspecified atom stereocenters. The summed E-state index contributed by atoms with van der Waals surface area (Å²) in [5.41, 5.74) is -0.502. The molecule has 0 spiro atoms. The summed E-state index contributed by atoms with van der Waals surface area (Å²) in [6.45, 7) is -0.227. The van der Waals surface area contributed by atoms with Crippen LogP contribution in [0.4, 0.5) is 0 Å². The third-order valence-corrected chi connectivity index (χ3v) is 3.86. The van der Waals surface area contributed by atoms with Gasteiger partial charge in [-0.15, -0.1) is 4.68 Å². The Morgan fingerprint density at radius 1 is 1.33 bits per heavy atom. The number of hydrogen-bond donors (Lipinski definition) is 1. The third-order valence-electron chi connectivity index (χ3n) is 3.65. The molecular weight excluding hydrogens is 372 g/mol. The fourth-order valence-electron chi connectivity index (χ4n) is 2.47. The molecule has 9 heteroatoms. The Morgan fingerprint density at radius 3 is 2.85 bits per heavy atom. The molecule has 27 heavy (non-hydrogen) atoms. The van der Waals surface area contributed by atoms with Crippen LogP contribution in [0.3, 0.4) is 0 Å². The molecule has 8 nitrogen and oxygen atoms in total. The molecule has 3 aromatic rings. The predicted octanol–water partition coefficient (Wildman–Crippen LogP) is 2.14. The number of rotatable bonds is 5. The van der Waals surface area contributed by atoms with E-state index < -0.39 is 11.2 Å². The maximum atomic E-state index is 12.5. The van der Waals surface area contributed by atoms with Crippen molar-refractivity contribution in [2.75, 3.05) is 13.7 Å². The van der Waals surface area contributed by atoms with Crippen molar-refractivity contribution in [3.8, 4) is 17.6 Å². The van der Waals surface area contributed by atoms with Gasteiger partial charge in [-0.1, -0.05) is 23.7 Å². The molecule has 0 amide bonds. The van der Waals surface area contributed by atoms with Gasteiger partial charge in [0.1, 0.15) is 6.07 Å². The van der Waals surface area contributed by atoms with Crippen molar-refractivity contribution in [3.63, 3.8) is 0 Å². The van der Waals surface area contributed by atoms with E-state index >= 15 is 0 Å². The number of nitriles is 1. The van der Waals surface area contributed by atoms with Gasteiger partial charge in [0.15, 0.2) is 18.1 Å². The highest BCUT2D eigenvalue weighted by Gasteiger charge is 2.12. The smallest absolute Gasteiger partial charge is 0.349 e. The van der Waals surface area contributed by atoms with Crippen molar-refractivity contribution >= 4 is 28.7 Å². The van der Waals surface area contributed by atoms with Gasteiger partial charge < -0.3 is 14.5 Å². The summed E-state index contributed by atoms with van der Waals surface area (Å²) >= 11 is 6.06. The van der Waals surface area contributed by atoms with Crippen LogP contribution < -0.4 is 20.7 Å². The molecule has 3 rings (SSSR count). The highest BCUT2D eigenvalue weighted by atomic mass is 35.5. The zero-order chi connectivity index (χ0) is 19.4. The quantitative estimate of drug-likeness (QED) is 0.678.